The molecule has 2 heterocycles. The summed E-state index contributed by atoms with van der Waals surface area (Å²) < 4.78 is 49.0. The van der Waals surface area contributed by atoms with Gasteiger partial charge in [-0.1, -0.05) is 0 Å². The van der Waals surface area contributed by atoms with Gasteiger partial charge in [0.25, 0.3) is 5.91 Å². The zero-order chi connectivity index (χ0) is 22.3. The van der Waals surface area contributed by atoms with Crippen molar-refractivity contribution in [1.82, 2.24) is 10.2 Å². The van der Waals surface area contributed by atoms with E-state index in [1.807, 2.05) is 0 Å². The topological polar surface area (TPSA) is 97.0 Å². The Labute approximate surface area is 170 Å². The first-order chi connectivity index (χ1) is 13.8. The minimum atomic E-state index is -4.94. The molecule has 0 saturated carbocycles. The van der Waals surface area contributed by atoms with Gasteiger partial charge >= 0.3 is 18.2 Å². The maximum Gasteiger partial charge on any atom is 0.471 e. The van der Waals surface area contributed by atoms with Gasteiger partial charge in [-0.15, -0.1) is 0 Å². The highest BCUT2D eigenvalue weighted by Gasteiger charge is 2.43. The number of fused-ring (bicyclic) bond motifs is 2. The van der Waals surface area contributed by atoms with Crippen LogP contribution in [0.3, 0.4) is 0 Å². The minimum Gasteiger partial charge on any atom is -0.489 e. The van der Waals surface area contributed by atoms with Crippen molar-refractivity contribution in [2.24, 2.45) is 0 Å². The molecule has 2 N–H and O–H groups in total. The minimum absolute atomic E-state index is 0.0701. The standard InChI is InChI=1S/C19H22F3N3O5/c1-18(2,3)30-17(28)24-13-9-29-14-7-10-4-5-25(16(27)19(20,21)22)8-11(10)6-12(14)23-15(13)26/h6-7,13H,4-5,8-9H2,1-3H3,(H,23,26)(H,24,28). The van der Waals surface area contributed by atoms with Gasteiger partial charge < -0.3 is 25.0 Å². The predicted molar refractivity (Wildman–Crippen MR) is 98.9 cm³/mol. The van der Waals surface area contributed by atoms with Gasteiger partial charge in [-0.2, -0.15) is 13.2 Å². The Morgan fingerprint density at radius 1 is 1.23 bits per heavy atom. The van der Waals surface area contributed by atoms with Crippen LogP contribution in [-0.2, 0) is 27.3 Å². The third kappa shape index (κ3) is 4.95. The molecule has 0 aromatic heterocycles. The van der Waals surface area contributed by atoms with E-state index in [0.29, 0.717) is 11.3 Å². The number of benzene rings is 1. The fourth-order valence-corrected chi connectivity index (χ4v) is 3.18. The summed E-state index contributed by atoms with van der Waals surface area (Å²) in [7, 11) is 0. The number of alkyl halides is 3. The van der Waals surface area contributed by atoms with Crippen molar-refractivity contribution in [3.05, 3.63) is 23.3 Å². The van der Waals surface area contributed by atoms with Crippen LogP contribution in [0.2, 0.25) is 0 Å². The Morgan fingerprint density at radius 3 is 2.57 bits per heavy atom. The Bertz CT molecular complexity index is 879. The van der Waals surface area contributed by atoms with Crippen LogP contribution in [0.4, 0.5) is 23.7 Å². The fraction of sp³-hybridized carbons (Fsp3) is 0.526. The third-order valence-electron chi connectivity index (χ3n) is 4.51. The molecule has 2 aliphatic heterocycles. The molecule has 1 atom stereocenters. The number of nitrogens with one attached hydrogen (secondary N) is 2. The second-order valence-electron chi connectivity index (χ2n) is 8.09. The molecule has 30 heavy (non-hydrogen) atoms. The molecule has 0 bridgehead atoms. The van der Waals surface area contributed by atoms with Gasteiger partial charge in [-0.05, 0) is 50.5 Å². The summed E-state index contributed by atoms with van der Waals surface area (Å²) in [4.78, 5) is 36.7. The first kappa shape index (κ1) is 21.7. The highest BCUT2D eigenvalue weighted by atomic mass is 19.4. The van der Waals surface area contributed by atoms with E-state index in [0.717, 1.165) is 10.5 Å². The lowest BCUT2D eigenvalue weighted by atomic mass is 9.98. The number of hydrogen-bond donors (Lipinski definition) is 2. The van der Waals surface area contributed by atoms with Crippen molar-refractivity contribution >= 4 is 23.6 Å². The lowest BCUT2D eigenvalue weighted by Crippen LogP contribution is -2.48. The molecule has 0 saturated heterocycles. The number of hydrogen-bond acceptors (Lipinski definition) is 5. The number of nitrogens with zero attached hydrogens (tertiary/aromatic N) is 1. The van der Waals surface area contributed by atoms with Crippen LogP contribution in [-0.4, -0.2) is 53.8 Å². The summed E-state index contributed by atoms with van der Waals surface area (Å²) in [5.41, 5.74) is 0.731. The summed E-state index contributed by atoms with van der Waals surface area (Å²) in [6.45, 7) is 4.61. The molecule has 1 aromatic rings. The van der Waals surface area contributed by atoms with E-state index in [4.69, 9.17) is 9.47 Å². The maximum absolute atomic E-state index is 12.7. The fourth-order valence-electron chi connectivity index (χ4n) is 3.18. The van der Waals surface area contributed by atoms with Crippen LogP contribution in [0.1, 0.15) is 31.9 Å². The number of carbonyl (C=O) groups excluding carboxylic acids is 3. The zero-order valence-corrected chi connectivity index (χ0v) is 16.7. The molecule has 1 aromatic carbocycles. The number of ether oxygens (including phenoxy) is 2. The number of amides is 3. The Hall–Kier alpha value is -2.98. The second kappa shape index (κ2) is 7.69. The van der Waals surface area contributed by atoms with Crippen molar-refractivity contribution in [3.8, 4) is 5.75 Å². The summed E-state index contributed by atoms with van der Waals surface area (Å²) in [5.74, 6) is -2.12. The van der Waals surface area contributed by atoms with E-state index in [-0.39, 0.29) is 31.8 Å². The lowest BCUT2D eigenvalue weighted by Gasteiger charge is -2.30. The molecule has 8 nitrogen and oxygen atoms in total. The average Bonchev–Trinajstić information content (AvgIpc) is 2.75. The van der Waals surface area contributed by atoms with Crippen LogP contribution in [0.5, 0.6) is 5.75 Å². The molecule has 0 fully saturated rings. The number of halogens is 3. The molecule has 3 amide bonds. The number of anilines is 1. The van der Waals surface area contributed by atoms with Crippen molar-refractivity contribution in [3.63, 3.8) is 0 Å². The summed E-state index contributed by atoms with van der Waals surface area (Å²) in [6, 6.07) is 2.11. The smallest absolute Gasteiger partial charge is 0.471 e. The van der Waals surface area contributed by atoms with Crippen LogP contribution in [0.25, 0.3) is 0 Å². The summed E-state index contributed by atoms with van der Waals surface area (Å²) >= 11 is 0. The number of carbonyl (C=O) groups is 3. The quantitative estimate of drug-likeness (QED) is 0.715. The summed E-state index contributed by atoms with van der Waals surface area (Å²) in [6.07, 6.45) is -5.50. The Morgan fingerprint density at radius 2 is 1.93 bits per heavy atom. The van der Waals surface area contributed by atoms with E-state index >= 15 is 0 Å². The monoisotopic (exact) mass is 429 g/mol. The largest absolute Gasteiger partial charge is 0.489 e. The van der Waals surface area contributed by atoms with E-state index in [1.165, 1.54) is 6.07 Å². The number of rotatable bonds is 1. The van der Waals surface area contributed by atoms with Crippen molar-refractivity contribution in [2.75, 3.05) is 18.5 Å². The summed E-state index contributed by atoms with van der Waals surface area (Å²) in [5, 5.41) is 5.04. The lowest BCUT2D eigenvalue weighted by molar-refractivity contribution is -0.186. The second-order valence-corrected chi connectivity index (χ2v) is 8.09. The van der Waals surface area contributed by atoms with E-state index in [1.54, 1.807) is 26.8 Å². The molecule has 2 aliphatic rings. The SMILES string of the molecule is CC(C)(C)OC(=O)NC1COc2cc3c(cc2NC1=O)CN(C(=O)C(F)(F)F)CC3. The molecule has 3 rings (SSSR count). The molecular weight excluding hydrogens is 407 g/mol. The molecule has 164 valence electrons. The van der Waals surface area contributed by atoms with Crippen LogP contribution >= 0.6 is 0 Å². The first-order valence-corrected chi connectivity index (χ1v) is 9.28. The first-order valence-electron chi connectivity index (χ1n) is 9.28. The van der Waals surface area contributed by atoms with Crippen molar-refractivity contribution in [2.45, 2.75) is 51.6 Å². The highest BCUT2D eigenvalue weighted by Crippen LogP contribution is 2.34. The predicted octanol–water partition coefficient (Wildman–Crippen LogP) is 2.36. The molecule has 0 radical (unpaired) electrons. The van der Waals surface area contributed by atoms with Crippen LogP contribution in [0.15, 0.2) is 12.1 Å². The zero-order valence-electron chi connectivity index (χ0n) is 16.7. The maximum atomic E-state index is 12.7. The Balaban J connectivity index is 1.74. The highest BCUT2D eigenvalue weighted by molar-refractivity contribution is 5.98. The van der Waals surface area contributed by atoms with Crippen LogP contribution < -0.4 is 15.4 Å². The molecule has 1 unspecified atom stereocenters. The van der Waals surface area contributed by atoms with Crippen molar-refractivity contribution in [1.29, 1.82) is 0 Å². The van der Waals surface area contributed by atoms with Gasteiger partial charge in [0.15, 0.2) is 0 Å². The average molecular weight is 429 g/mol. The van der Waals surface area contributed by atoms with Gasteiger partial charge in [0.05, 0.1) is 5.69 Å². The molecular formula is C19H22F3N3O5. The van der Waals surface area contributed by atoms with E-state index < -0.39 is 35.7 Å². The van der Waals surface area contributed by atoms with E-state index in [2.05, 4.69) is 10.6 Å². The van der Waals surface area contributed by atoms with Gasteiger partial charge in [0.2, 0.25) is 0 Å². The van der Waals surface area contributed by atoms with Crippen molar-refractivity contribution < 1.29 is 37.0 Å². The van der Waals surface area contributed by atoms with Crippen LogP contribution in [0, 0.1) is 0 Å². The molecule has 0 aliphatic carbocycles. The number of alkyl carbamates (subject to hydrolysis) is 1. The third-order valence-corrected chi connectivity index (χ3v) is 4.51. The Kier molecular flexibility index (Phi) is 5.57. The van der Waals surface area contributed by atoms with Gasteiger partial charge in [0, 0.05) is 13.1 Å². The normalized spacial score (nSPS) is 18.9. The van der Waals surface area contributed by atoms with Gasteiger partial charge in [-0.25, -0.2) is 4.79 Å². The molecule has 0 spiro atoms. The molecule has 11 heteroatoms. The van der Waals surface area contributed by atoms with Gasteiger partial charge in [0.1, 0.15) is 24.0 Å². The van der Waals surface area contributed by atoms with E-state index in [9.17, 15) is 27.6 Å². The van der Waals surface area contributed by atoms with Gasteiger partial charge in [-0.3, -0.25) is 9.59 Å².